The van der Waals surface area contributed by atoms with Crippen LogP contribution in [0.3, 0.4) is 0 Å². The molecule has 1 N–H and O–H groups in total. The van der Waals surface area contributed by atoms with Gasteiger partial charge < -0.3 is 14.5 Å². The summed E-state index contributed by atoms with van der Waals surface area (Å²) in [5.74, 6) is -1.45. The molecule has 2 aromatic carbocycles. The molecule has 0 aliphatic carbocycles. The second kappa shape index (κ2) is 6.69. The van der Waals surface area contributed by atoms with Crippen molar-refractivity contribution in [2.45, 2.75) is 6.54 Å². The molecule has 0 unspecified atom stereocenters. The molecule has 8 nitrogen and oxygen atoms in total. The summed E-state index contributed by atoms with van der Waals surface area (Å²) in [5, 5.41) is 3.05. The molecule has 1 amide bonds. The number of carbonyl (C=O) groups is 2. The van der Waals surface area contributed by atoms with Gasteiger partial charge in [-0.15, -0.1) is 0 Å². The van der Waals surface area contributed by atoms with Crippen molar-refractivity contribution in [3.05, 3.63) is 58.6 Å². The highest BCUT2D eigenvalue weighted by atomic mass is 32.1. The van der Waals surface area contributed by atoms with E-state index in [1.54, 1.807) is 42.5 Å². The molecule has 136 valence electrons. The predicted molar refractivity (Wildman–Crippen MR) is 100 cm³/mol. The van der Waals surface area contributed by atoms with Gasteiger partial charge in [0.15, 0.2) is 10.7 Å². The third-order valence-electron chi connectivity index (χ3n) is 3.93. The van der Waals surface area contributed by atoms with Crippen molar-refractivity contribution in [3.8, 4) is 0 Å². The molecule has 0 spiro atoms. The number of hydrogen-bond donors (Lipinski definition) is 1. The number of ether oxygens (including phenoxy) is 1. The average Bonchev–Trinajstić information content (AvgIpc) is 3.20. The van der Waals surface area contributed by atoms with Gasteiger partial charge in [-0.2, -0.15) is 0 Å². The van der Waals surface area contributed by atoms with Crippen LogP contribution in [0.5, 0.6) is 0 Å². The van der Waals surface area contributed by atoms with E-state index >= 15 is 0 Å². The van der Waals surface area contributed by atoms with Crippen LogP contribution in [0.2, 0.25) is 0 Å². The van der Waals surface area contributed by atoms with Gasteiger partial charge in [0.2, 0.25) is 5.91 Å². The first-order chi connectivity index (χ1) is 13.0. The molecular formula is C18H13N3O5S. The molecule has 27 heavy (non-hydrogen) atoms. The Kier molecular flexibility index (Phi) is 4.21. The van der Waals surface area contributed by atoms with Crippen LogP contribution in [-0.4, -0.2) is 28.5 Å². The first-order valence-corrected chi connectivity index (χ1v) is 8.74. The number of hydrogen-bond acceptors (Lipinski definition) is 7. The number of carbonyl (C=O) groups excluding carboxylic acids is 2. The number of benzene rings is 2. The van der Waals surface area contributed by atoms with Crippen LogP contribution in [0.4, 0.5) is 5.13 Å². The van der Waals surface area contributed by atoms with Gasteiger partial charge in [0.1, 0.15) is 6.54 Å². The zero-order valence-corrected chi connectivity index (χ0v) is 14.9. The second-order valence-electron chi connectivity index (χ2n) is 5.66. The lowest BCUT2D eigenvalue weighted by molar-refractivity contribution is -0.116. The summed E-state index contributed by atoms with van der Waals surface area (Å²) in [6, 6.07) is 11.8. The fraction of sp³-hybridized carbons (Fsp3) is 0.111. The summed E-state index contributed by atoms with van der Waals surface area (Å²) in [6.45, 7) is -0.195. The van der Waals surface area contributed by atoms with Gasteiger partial charge in [0.05, 0.1) is 28.4 Å². The quantitative estimate of drug-likeness (QED) is 0.544. The van der Waals surface area contributed by atoms with Gasteiger partial charge in [0.25, 0.3) is 0 Å². The van der Waals surface area contributed by atoms with Crippen molar-refractivity contribution in [2.75, 3.05) is 12.4 Å². The average molecular weight is 383 g/mol. The van der Waals surface area contributed by atoms with Crippen molar-refractivity contribution in [3.63, 3.8) is 0 Å². The maximum absolute atomic E-state index is 12.4. The molecule has 0 aliphatic rings. The molecule has 0 atom stereocenters. The number of anilines is 1. The molecule has 4 rings (SSSR count). The van der Waals surface area contributed by atoms with Crippen LogP contribution in [0.25, 0.3) is 21.3 Å². The number of oxazole rings is 1. The van der Waals surface area contributed by atoms with E-state index in [0.717, 1.165) is 4.70 Å². The fourth-order valence-electron chi connectivity index (χ4n) is 2.69. The summed E-state index contributed by atoms with van der Waals surface area (Å²) in [6.07, 6.45) is 0. The molecule has 0 saturated carbocycles. The molecule has 0 saturated heterocycles. The molecular weight excluding hydrogens is 370 g/mol. The Labute approximate surface area is 156 Å². The number of para-hydroxylation sites is 2. The van der Waals surface area contributed by atoms with E-state index < -0.39 is 17.6 Å². The van der Waals surface area contributed by atoms with E-state index in [1.807, 2.05) is 0 Å². The van der Waals surface area contributed by atoms with Crippen molar-refractivity contribution in [1.29, 1.82) is 0 Å². The first-order valence-electron chi connectivity index (χ1n) is 7.92. The molecule has 9 heteroatoms. The summed E-state index contributed by atoms with van der Waals surface area (Å²) >= 11 is 1.23. The lowest BCUT2D eigenvalue weighted by Crippen LogP contribution is -2.24. The van der Waals surface area contributed by atoms with E-state index in [0.29, 0.717) is 27.3 Å². The van der Waals surface area contributed by atoms with Gasteiger partial charge in [-0.05, 0) is 30.3 Å². The van der Waals surface area contributed by atoms with E-state index in [4.69, 9.17) is 9.15 Å². The van der Waals surface area contributed by atoms with E-state index in [-0.39, 0.29) is 6.54 Å². The minimum Gasteiger partial charge on any atom is -0.465 e. The fourth-order valence-corrected chi connectivity index (χ4v) is 3.61. The number of amides is 1. The number of aromatic nitrogens is 2. The number of nitrogens with zero attached hydrogens (tertiary/aromatic N) is 2. The Morgan fingerprint density at radius 1 is 1.26 bits per heavy atom. The number of nitrogens with one attached hydrogen (secondary N) is 1. The largest absolute Gasteiger partial charge is 0.465 e. The Bertz CT molecular complexity index is 1240. The zero-order valence-electron chi connectivity index (χ0n) is 14.1. The molecule has 0 radical (unpaired) electrons. The van der Waals surface area contributed by atoms with Gasteiger partial charge in [-0.1, -0.05) is 23.5 Å². The Balaban J connectivity index is 1.56. The van der Waals surface area contributed by atoms with Crippen LogP contribution in [0.15, 0.2) is 51.7 Å². The maximum atomic E-state index is 12.4. The standard InChI is InChI=1S/C18H13N3O5S/c1-25-16(23)10-6-7-11-14(8-10)27-17(19-11)20-15(22)9-21-12-4-2-3-5-13(12)26-18(21)24/h2-8H,9H2,1H3,(H,19,20,22). The molecule has 4 aromatic rings. The van der Waals surface area contributed by atoms with Gasteiger partial charge in [-0.3, -0.25) is 9.36 Å². The van der Waals surface area contributed by atoms with Gasteiger partial charge in [0, 0.05) is 0 Å². The van der Waals surface area contributed by atoms with Crippen LogP contribution in [0, 0.1) is 0 Å². The number of esters is 1. The highest BCUT2D eigenvalue weighted by molar-refractivity contribution is 7.22. The van der Waals surface area contributed by atoms with Crippen molar-refractivity contribution >= 4 is 49.7 Å². The zero-order chi connectivity index (χ0) is 19.0. The SMILES string of the molecule is COC(=O)c1ccc2nc(NC(=O)Cn3c(=O)oc4ccccc43)sc2c1. The minimum atomic E-state index is -0.599. The summed E-state index contributed by atoms with van der Waals surface area (Å²) < 4.78 is 11.8. The Morgan fingerprint density at radius 3 is 2.89 bits per heavy atom. The van der Waals surface area contributed by atoms with Crippen molar-refractivity contribution in [1.82, 2.24) is 9.55 Å². The second-order valence-corrected chi connectivity index (χ2v) is 6.69. The molecule has 0 fully saturated rings. The molecule has 2 heterocycles. The normalized spacial score (nSPS) is 11.0. The smallest absolute Gasteiger partial charge is 0.420 e. The maximum Gasteiger partial charge on any atom is 0.420 e. The van der Waals surface area contributed by atoms with Crippen molar-refractivity contribution in [2.24, 2.45) is 0 Å². The van der Waals surface area contributed by atoms with E-state index in [2.05, 4.69) is 10.3 Å². The lowest BCUT2D eigenvalue weighted by Gasteiger charge is -2.02. The number of thiazole rings is 1. The highest BCUT2D eigenvalue weighted by Crippen LogP contribution is 2.27. The summed E-state index contributed by atoms with van der Waals surface area (Å²) in [5.41, 5.74) is 2.02. The van der Waals surface area contributed by atoms with Crippen LogP contribution in [-0.2, 0) is 16.1 Å². The highest BCUT2D eigenvalue weighted by Gasteiger charge is 2.15. The van der Waals surface area contributed by atoms with Gasteiger partial charge >= 0.3 is 11.7 Å². The van der Waals surface area contributed by atoms with E-state index in [9.17, 15) is 14.4 Å². The van der Waals surface area contributed by atoms with E-state index in [1.165, 1.54) is 23.0 Å². The third kappa shape index (κ3) is 3.20. The lowest BCUT2D eigenvalue weighted by atomic mass is 10.2. The minimum absolute atomic E-state index is 0.195. The molecule has 0 bridgehead atoms. The monoisotopic (exact) mass is 383 g/mol. The number of rotatable bonds is 4. The predicted octanol–water partition coefficient (Wildman–Crippen LogP) is 2.63. The van der Waals surface area contributed by atoms with Crippen LogP contribution >= 0.6 is 11.3 Å². The topological polar surface area (TPSA) is 103 Å². The van der Waals surface area contributed by atoms with Crippen LogP contribution < -0.4 is 11.1 Å². The third-order valence-corrected chi connectivity index (χ3v) is 4.86. The summed E-state index contributed by atoms with van der Waals surface area (Å²) in [7, 11) is 1.31. The molecule has 0 aliphatic heterocycles. The van der Waals surface area contributed by atoms with Crippen molar-refractivity contribution < 1.29 is 18.7 Å². The first kappa shape index (κ1) is 17.0. The number of fused-ring (bicyclic) bond motifs is 2. The Morgan fingerprint density at radius 2 is 2.07 bits per heavy atom. The van der Waals surface area contributed by atoms with Gasteiger partial charge in [-0.25, -0.2) is 14.6 Å². The summed E-state index contributed by atoms with van der Waals surface area (Å²) in [4.78, 5) is 40.2. The van der Waals surface area contributed by atoms with Crippen LogP contribution in [0.1, 0.15) is 10.4 Å². The molecule has 2 aromatic heterocycles. The Hall–Kier alpha value is -3.46. The number of methoxy groups -OCH3 is 1.